The first-order chi connectivity index (χ1) is 18.2. The van der Waals surface area contributed by atoms with Crippen molar-refractivity contribution in [1.82, 2.24) is 24.2 Å². The third-order valence-electron chi connectivity index (χ3n) is 7.23. The van der Waals surface area contributed by atoms with E-state index in [1.54, 1.807) is 19.2 Å². The predicted octanol–water partition coefficient (Wildman–Crippen LogP) is 3.09. The van der Waals surface area contributed by atoms with Gasteiger partial charge in [-0.2, -0.15) is 14.2 Å². The van der Waals surface area contributed by atoms with Gasteiger partial charge in [-0.05, 0) is 66.8 Å². The number of sulfonamides is 1. The van der Waals surface area contributed by atoms with Crippen LogP contribution in [0.3, 0.4) is 0 Å². The number of ether oxygens (including phenoxy) is 1. The molecule has 2 aliphatic heterocycles. The largest absolute Gasteiger partial charge is 0.381 e. The lowest BCUT2D eigenvalue weighted by Crippen LogP contribution is -2.51. The molecule has 3 aromatic rings. The quantitative estimate of drug-likeness (QED) is 0.421. The summed E-state index contributed by atoms with van der Waals surface area (Å²) >= 11 is 0. The van der Waals surface area contributed by atoms with Crippen molar-refractivity contribution in [2.45, 2.75) is 24.4 Å². The summed E-state index contributed by atoms with van der Waals surface area (Å²) in [4.78, 5) is 3.58. The lowest BCUT2D eigenvalue weighted by Gasteiger charge is -2.42. The average Bonchev–Trinajstić information content (AvgIpc) is 3.58. The van der Waals surface area contributed by atoms with Gasteiger partial charge in [0.25, 0.3) is 10.0 Å². The highest BCUT2D eigenvalue weighted by molar-refractivity contribution is 7.89. The molecule has 3 heterocycles. The van der Waals surface area contributed by atoms with E-state index in [4.69, 9.17) is 10.1 Å². The van der Waals surface area contributed by atoms with Gasteiger partial charge in [0.1, 0.15) is 5.82 Å². The normalized spacial score (nSPS) is 21.0. The maximum absolute atomic E-state index is 13.4. The van der Waals surface area contributed by atoms with Crippen molar-refractivity contribution >= 4 is 27.6 Å². The Morgan fingerprint density at radius 1 is 1.24 bits per heavy atom. The molecule has 2 aliphatic rings. The van der Waals surface area contributed by atoms with Gasteiger partial charge in [0.15, 0.2) is 0 Å². The van der Waals surface area contributed by atoms with E-state index in [0.717, 1.165) is 36.4 Å². The fourth-order valence-electron chi connectivity index (χ4n) is 5.18. The van der Waals surface area contributed by atoms with Gasteiger partial charge in [-0.15, -0.1) is 5.10 Å². The van der Waals surface area contributed by atoms with Crippen LogP contribution < -0.4 is 5.32 Å². The molecule has 0 aliphatic carbocycles. The number of anilines is 2. The Hall–Kier alpha value is -3.19. The molecule has 2 N–H and O–H groups in total. The minimum atomic E-state index is -3.81. The molecule has 202 valence electrons. The van der Waals surface area contributed by atoms with Crippen molar-refractivity contribution in [3.05, 3.63) is 65.1 Å². The van der Waals surface area contributed by atoms with Crippen molar-refractivity contribution in [1.29, 1.82) is 5.41 Å². The van der Waals surface area contributed by atoms with Crippen LogP contribution in [0.15, 0.2) is 47.6 Å². The van der Waals surface area contributed by atoms with E-state index in [0.29, 0.717) is 36.9 Å². The van der Waals surface area contributed by atoms with Crippen LogP contribution in [0.5, 0.6) is 0 Å². The van der Waals surface area contributed by atoms with Crippen LogP contribution in [0.2, 0.25) is 0 Å². The molecular formula is C26H32FN7O3S. The summed E-state index contributed by atoms with van der Waals surface area (Å²) in [5.41, 5.74) is 4.03. The smallest absolute Gasteiger partial charge is 0.264 e. The van der Waals surface area contributed by atoms with Crippen LogP contribution in [0, 0.1) is 24.1 Å². The molecule has 2 fully saturated rings. The molecule has 1 aromatic heterocycles. The van der Waals surface area contributed by atoms with Crippen LogP contribution in [0.4, 0.5) is 15.8 Å². The molecule has 38 heavy (non-hydrogen) atoms. The number of benzene rings is 2. The minimum absolute atomic E-state index is 0.0628. The summed E-state index contributed by atoms with van der Waals surface area (Å²) in [6.07, 6.45) is 3.54. The third kappa shape index (κ3) is 5.48. The highest BCUT2D eigenvalue weighted by Gasteiger charge is 2.38. The zero-order chi connectivity index (χ0) is 26.9. The highest BCUT2D eigenvalue weighted by Crippen LogP contribution is 2.35. The maximum Gasteiger partial charge on any atom is 0.264 e. The van der Waals surface area contributed by atoms with Gasteiger partial charge >= 0.3 is 0 Å². The Kier molecular flexibility index (Phi) is 7.57. The number of hydrogen-bond acceptors (Lipinski definition) is 8. The minimum Gasteiger partial charge on any atom is -0.381 e. The van der Waals surface area contributed by atoms with Gasteiger partial charge in [-0.25, -0.2) is 12.8 Å². The SMILES string of the molecule is Cc1cc(Nc2ccc(F)cc2)c(C=N)cc1[C@@H]1CN(S(=O)(=O)c2cnn(C)n2)CCN1CC1CCOC1. The second kappa shape index (κ2) is 10.9. The summed E-state index contributed by atoms with van der Waals surface area (Å²) in [5.74, 6) is 0.0722. The molecule has 2 aromatic carbocycles. The number of nitrogens with one attached hydrogen (secondary N) is 2. The van der Waals surface area contributed by atoms with Crippen molar-refractivity contribution in [2.24, 2.45) is 13.0 Å². The number of aryl methyl sites for hydroxylation is 2. The van der Waals surface area contributed by atoms with Crippen molar-refractivity contribution in [3.8, 4) is 0 Å². The number of hydrogen-bond donors (Lipinski definition) is 2. The number of halogens is 1. The highest BCUT2D eigenvalue weighted by atomic mass is 32.2. The van der Waals surface area contributed by atoms with E-state index in [9.17, 15) is 12.8 Å². The van der Waals surface area contributed by atoms with Gasteiger partial charge in [-0.1, -0.05) is 0 Å². The van der Waals surface area contributed by atoms with E-state index in [1.807, 2.05) is 19.1 Å². The van der Waals surface area contributed by atoms with Gasteiger partial charge in [0.2, 0.25) is 5.03 Å². The van der Waals surface area contributed by atoms with Crippen molar-refractivity contribution in [2.75, 3.05) is 44.7 Å². The van der Waals surface area contributed by atoms with E-state index in [1.165, 1.54) is 33.6 Å². The first kappa shape index (κ1) is 26.4. The summed E-state index contributed by atoms with van der Waals surface area (Å²) < 4.78 is 47.3. The molecule has 0 radical (unpaired) electrons. The van der Waals surface area contributed by atoms with E-state index < -0.39 is 10.0 Å². The lowest BCUT2D eigenvalue weighted by molar-refractivity contribution is 0.0928. The van der Waals surface area contributed by atoms with Crippen LogP contribution in [0.1, 0.15) is 29.2 Å². The summed E-state index contributed by atoms with van der Waals surface area (Å²) in [7, 11) is -2.22. The van der Waals surface area contributed by atoms with E-state index >= 15 is 0 Å². The zero-order valence-electron chi connectivity index (χ0n) is 21.5. The van der Waals surface area contributed by atoms with Crippen LogP contribution >= 0.6 is 0 Å². The molecular weight excluding hydrogens is 509 g/mol. The van der Waals surface area contributed by atoms with Crippen LogP contribution in [-0.4, -0.2) is 78.2 Å². The Bertz CT molecular complexity index is 1400. The fourth-order valence-corrected chi connectivity index (χ4v) is 6.51. The maximum atomic E-state index is 13.4. The Labute approximate surface area is 222 Å². The monoisotopic (exact) mass is 541 g/mol. The molecule has 2 saturated heterocycles. The van der Waals surface area contributed by atoms with Crippen molar-refractivity contribution < 1.29 is 17.5 Å². The molecule has 10 nitrogen and oxygen atoms in total. The second-order valence-corrected chi connectivity index (χ2v) is 11.7. The number of nitrogens with zero attached hydrogens (tertiary/aromatic N) is 5. The van der Waals surface area contributed by atoms with Gasteiger partial charge < -0.3 is 15.5 Å². The van der Waals surface area contributed by atoms with Gasteiger partial charge in [-0.3, -0.25) is 4.90 Å². The number of rotatable bonds is 8. The third-order valence-corrected chi connectivity index (χ3v) is 8.96. The van der Waals surface area contributed by atoms with E-state index in [2.05, 4.69) is 20.4 Å². The second-order valence-electron chi connectivity index (χ2n) is 9.85. The summed E-state index contributed by atoms with van der Waals surface area (Å²) in [6.45, 7) is 5.42. The lowest BCUT2D eigenvalue weighted by atomic mass is 9.94. The first-order valence-corrected chi connectivity index (χ1v) is 14.0. The standard InChI is InChI=1S/C26H32FN7O3S/c1-18-11-24(30-22-5-3-21(27)4-6-22)20(13-28)12-23(18)25-16-34(38(35,36)26-14-29-32(2)31-26)9-8-33(25)15-19-7-10-37-17-19/h3-6,11-14,19,25,28,30H,7-10,15-17H2,1-2H3/t19?,25-/m0/s1. The summed E-state index contributed by atoms with van der Waals surface area (Å²) in [6, 6.07) is 9.76. The molecule has 5 rings (SSSR count). The Balaban J connectivity index is 1.48. The Morgan fingerprint density at radius 2 is 2.03 bits per heavy atom. The Morgan fingerprint density at radius 3 is 2.68 bits per heavy atom. The topological polar surface area (TPSA) is 116 Å². The molecule has 12 heteroatoms. The molecule has 0 bridgehead atoms. The first-order valence-electron chi connectivity index (χ1n) is 12.6. The molecule has 1 unspecified atom stereocenters. The number of piperazine rings is 1. The van der Waals surface area contributed by atoms with Crippen LogP contribution in [0.25, 0.3) is 0 Å². The molecule has 0 spiro atoms. The molecule has 2 atom stereocenters. The fraction of sp³-hybridized carbons (Fsp3) is 0.423. The number of aromatic nitrogens is 3. The van der Waals surface area contributed by atoms with Gasteiger partial charge in [0, 0.05) is 69.0 Å². The average molecular weight is 542 g/mol. The molecule has 0 saturated carbocycles. The molecule has 0 amide bonds. The van der Waals surface area contributed by atoms with Crippen molar-refractivity contribution in [3.63, 3.8) is 0 Å². The predicted molar refractivity (Wildman–Crippen MR) is 142 cm³/mol. The van der Waals surface area contributed by atoms with E-state index in [-0.39, 0.29) is 23.4 Å². The zero-order valence-corrected chi connectivity index (χ0v) is 22.3. The van der Waals surface area contributed by atoms with Crippen LogP contribution in [-0.2, 0) is 21.8 Å². The summed E-state index contributed by atoms with van der Waals surface area (Å²) in [5, 5.41) is 19.3. The van der Waals surface area contributed by atoms with Gasteiger partial charge in [0.05, 0.1) is 12.8 Å².